The van der Waals surface area contributed by atoms with Gasteiger partial charge in [-0.2, -0.15) is 0 Å². The average molecular weight is 247 g/mol. The van der Waals surface area contributed by atoms with Crippen molar-refractivity contribution in [3.8, 4) is 0 Å². The minimum absolute atomic E-state index is 0.666. The Morgan fingerprint density at radius 1 is 1.44 bits per heavy atom. The predicted molar refractivity (Wildman–Crippen MR) is 75.5 cm³/mol. The fraction of sp³-hybridized carbons (Fsp3) is 0.667. The molecule has 2 heterocycles. The summed E-state index contributed by atoms with van der Waals surface area (Å²) in [6, 6.07) is 2.92. The molecule has 1 N–H and O–H groups in total. The van der Waals surface area contributed by atoms with E-state index < -0.39 is 0 Å². The van der Waals surface area contributed by atoms with E-state index in [1.165, 1.54) is 17.5 Å². The van der Waals surface area contributed by atoms with Gasteiger partial charge in [-0.25, -0.2) is 0 Å². The maximum absolute atomic E-state index is 4.29. The molecular formula is C15H25N3. The highest BCUT2D eigenvalue weighted by atomic mass is 15.2. The first kappa shape index (κ1) is 13.5. The van der Waals surface area contributed by atoms with E-state index in [2.05, 4.69) is 42.0 Å². The summed E-state index contributed by atoms with van der Waals surface area (Å²) in [6.45, 7) is 11.1. The molecule has 0 aliphatic carbocycles. The lowest BCUT2D eigenvalue weighted by atomic mass is 10.00. The monoisotopic (exact) mass is 247 g/mol. The minimum atomic E-state index is 0.666. The summed E-state index contributed by atoms with van der Waals surface area (Å²) in [6.07, 6.45) is 5.20. The zero-order chi connectivity index (χ0) is 13.0. The van der Waals surface area contributed by atoms with Gasteiger partial charge in [-0.05, 0) is 30.4 Å². The molecule has 1 aliphatic rings. The molecule has 1 aromatic heterocycles. The number of nitrogens with zero attached hydrogens (tertiary/aromatic N) is 2. The Kier molecular flexibility index (Phi) is 4.72. The van der Waals surface area contributed by atoms with E-state index in [1.54, 1.807) is 0 Å². The molecule has 3 nitrogen and oxygen atoms in total. The molecular weight excluding hydrogens is 222 g/mol. The zero-order valence-corrected chi connectivity index (χ0v) is 11.8. The normalized spacial score (nSPS) is 21.4. The van der Waals surface area contributed by atoms with Crippen molar-refractivity contribution >= 4 is 0 Å². The second-order valence-electron chi connectivity index (χ2n) is 5.83. The highest BCUT2D eigenvalue weighted by Crippen LogP contribution is 2.16. The number of pyridine rings is 1. The van der Waals surface area contributed by atoms with Crippen LogP contribution in [0.15, 0.2) is 18.5 Å². The predicted octanol–water partition coefficient (Wildman–Crippen LogP) is 2.21. The fourth-order valence-electron chi connectivity index (χ4n) is 2.73. The highest BCUT2D eigenvalue weighted by Gasteiger charge is 2.22. The molecule has 1 aliphatic heterocycles. The van der Waals surface area contributed by atoms with Gasteiger partial charge in [0.25, 0.3) is 0 Å². The van der Waals surface area contributed by atoms with Crippen LogP contribution < -0.4 is 5.32 Å². The van der Waals surface area contributed by atoms with E-state index in [-0.39, 0.29) is 0 Å². The minimum Gasteiger partial charge on any atom is -0.314 e. The van der Waals surface area contributed by atoms with Crippen LogP contribution in [0.25, 0.3) is 0 Å². The Bertz CT molecular complexity index is 376. The molecule has 100 valence electrons. The fourth-order valence-corrected chi connectivity index (χ4v) is 2.73. The summed E-state index contributed by atoms with van der Waals surface area (Å²) in [7, 11) is 0. The molecule has 1 unspecified atom stereocenters. The smallest absolute Gasteiger partial charge is 0.0313 e. The van der Waals surface area contributed by atoms with Gasteiger partial charge in [-0.3, -0.25) is 9.88 Å². The Morgan fingerprint density at radius 2 is 2.28 bits per heavy atom. The maximum atomic E-state index is 4.29. The molecule has 0 bridgehead atoms. The first-order chi connectivity index (χ1) is 8.65. The van der Waals surface area contributed by atoms with Crippen molar-refractivity contribution < 1.29 is 0 Å². The number of aryl methyl sites for hydroxylation is 1. The van der Waals surface area contributed by atoms with Gasteiger partial charge in [0.15, 0.2) is 0 Å². The van der Waals surface area contributed by atoms with Crippen molar-refractivity contribution in [1.82, 2.24) is 15.2 Å². The van der Waals surface area contributed by atoms with Gasteiger partial charge in [0.05, 0.1) is 0 Å². The molecule has 1 saturated heterocycles. The van der Waals surface area contributed by atoms with Crippen LogP contribution in [0.1, 0.15) is 31.4 Å². The average Bonchev–Trinajstić information content (AvgIpc) is 2.31. The maximum Gasteiger partial charge on any atom is 0.0313 e. The number of aromatic nitrogens is 1. The summed E-state index contributed by atoms with van der Waals surface area (Å²) in [5.41, 5.74) is 2.59. The van der Waals surface area contributed by atoms with Gasteiger partial charge >= 0.3 is 0 Å². The Hall–Kier alpha value is -0.930. The first-order valence-electron chi connectivity index (χ1n) is 7.00. The van der Waals surface area contributed by atoms with Crippen molar-refractivity contribution in [1.29, 1.82) is 0 Å². The molecule has 3 heteroatoms. The largest absolute Gasteiger partial charge is 0.314 e. The van der Waals surface area contributed by atoms with Crippen LogP contribution in [-0.4, -0.2) is 35.6 Å². The Balaban J connectivity index is 2.00. The lowest BCUT2D eigenvalue weighted by molar-refractivity contribution is 0.134. The quantitative estimate of drug-likeness (QED) is 0.884. The third-order valence-electron chi connectivity index (χ3n) is 3.53. The van der Waals surface area contributed by atoms with Crippen molar-refractivity contribution in [2.24, 2.45) is 5.92 Å². The van der Waals surface area contributed by atoms with Crippen molar-refractivity contribution in [2.75, 3.05) is 19.6 Å². The second kappa shape index (κ2) is 6.30. The molecule has 0 radical (unpaired) electrons. The summed E-state index contributed by atoms with van der Waals surface area (Å²) < 4.78 is 0. The number of rotatable bonds is 4. The molecule has 1 aromatic rings. The van der Waals surface area contributed by atoms with E-state index in [0.29, 0.717) is 6.04 Å². The summed E-state index contributed by atoms with van der Waals surface area (Å²) in [5, 5.41) is 3.51. The first-order valence-corrected chi connectivity index (χ1v) is 7.00. The molecule has 1 fully saturated rings. The van der Waals surface area contributed by atoms with Gasteiger partial charge in [-0.15, -0.1) is 0 Å². The standard InChI is InChI=1S/C15H25N3/c1-12(2)6-15-10-16-4-5-18(15)11-14-7-13(3)8-17-9-14/h7-9,12,15-16H,4-6,10-11H2,1-3H3. The van der Waals surface area contributed by atoms with Crippen LogP contribution in [0, 0.1) is 12.8 Å². The van der Waals surface area contributed by atoms with Crippen molar-refractivity contribution in [3.05, 3.63) is 29.6 Å². The number of nitrogens with one attached hydrogen (secondary N) is 1. The second-order valence-corrected chi connectivity index (χ2v) is 5.83. The SMILES string of the molecule is Cc1cncc(CN2CCNCC2CC(C)C)c1. The van der Waals surface area contributed by atoms with Crippen molar-refractivity contribution in [2.45, 2.75) is 39.8 Å². The molecule has 2 rings (SSSR count). The summed E-state index contributed by atoms with van der Waals surface area (Å²) in [5.74, 6) is 0.757. The Labute approximate surface area is 111 Å². The van der Waals surface area contributed by atoms with E-state index in [4.69, 9.17) is 0 Å². The lowest BCUT2D eigenvalue weighted by Crippen LogP contribution is -2.51. The van der Waals surface area contributed by atoms with E-state index in [0.717, 1.165) is 32.1 Å². The van der Waals surface area contributed by atoms with E-state index in [1.807, 2.05) is 12.4 Å². The topological polar surface area (TPSA) is 28.2 Å². The van der Waals surface area contributed by atoms with Crippen LogP contribution in [-0.2, 0) is 6.54 Å². The molecule has 0 amide bonds. The molecule has 0 aromatic carbocycles. The number of hydrogen-bond acceptors (Lipinski definition) is 3. The molecule has 1 atom stereocenters. The third-order valence-corrected chi connectivity index (χ3v) is 3.53. The van der Waals surface area contributed by atoms with Crippen LogP contribution in [0.4, 0.5) is 0 Å². The van der Waals surface area contributed by atoms with E-state index in [9.17, 15) is 0 Å². The van der Waals surface area contributed by atoms with Gasteiger partial charge in [0, 0.05) is 44.6 Å². The van der Waals surface area contributed by atoms with Gasteiger partial charge < -0.3 is 5.32 Å². The lowest BCUT2D eigenvalue weighted by Gasteiger charge is -2.37. The van der Waals surface area contributed by atoms with Crippen LogP contribution in [0.2, 0.25) is 0 Å². The van der Waals surface area contributed by atoms with Crippen molar-refractivity contribution in [3.63, 3.8) is 0 Å². The van der Waals surface area contributed by atoms with Gasteiger partial charge in [0.2, 0.25) is 0 Å². The van der Waals surface area contributed by atoms with Crippen LogP contribution >= 0.6 is 0 Å². The van der Waals surface area contributed by atoms with Gasteiger partial charge in [-0.1, -0.05) is 19.9 Å². The van der Waals surface area contributed by atoms with Gasteiger partial charge in [0.1, 0.15) is 0 Å². The molecule has 0 saturated carbocycles. The summed E-state index contributed by atoms with van der Waals surface area (Å²) in [4.78, 5) is 6.90. The van der Waals surface area contributed by atoms with E-state index >= 15 is 0 Å². The number of piperazine rings is 1. The van der Waals surface area contributed by atoms with Crippen LogP contribution in [0.5, 0.6) is 0 Å². The Morgan fingerprint density at radius 3 is 3.00 bits per heavy atom. The number of hydrogen-bond donors (Lipinski definition) is 1. The zero-order valence-electron chi connectivity index (χ0n) is 11.8. The van der Waals surface area contributed by atoms with Crippen LogP contribution in [0.3, 0.4) is 0 Å². The highest BCUT2D eigenvalue weighted by molar-refractivity contribution is 5.16. The summed E-state index contributed by atoms with van der Waals surface area (Å²) >= 11 is 0. The molecule has 18 heavy (non-hydrogen) atoms. The third kappa shape index (κ3) is 3.79. The molecule has 0 spiro atoms.